The van der Waals surface area contributed by atoms with Gasteiger partial charge in [0.25, 0.3) is 0 Å². The number of anilines is 1. The third-order valence-electron chi connectivity index (χ3n) is 3.19. The summed E-state index contributed by atoms with van der Waals surface area (Å²) in [5, 5.41) is 4.80. The van der Waals surface area contributed by atoms with Crippen molar-refractivity contribution in [1.82, 2.24) is 9.97 Å². The van der Waals surface area contributed by atoms with E-state index in [-0.39, 0.29) is 0 Å². The lowest BCUT2D eigenvalue weighted by atomic mass is 10.0. The van der Waals surface area contributed by atoms with Gasteiger partial charge in [-0.15, -0.1) is 0 Å². The van der Waals surface area contributed by atoms with Gasteiger partial charge in [-0.2, -0.15) is 0 Å². The Morgan fingerprint density at radius 1 is 1.17 bits per heavy atom. The predicted octanol–water partition coefficient (Wildman–Crippen LogP) is 3.80. The van der Waals surface area contributed by atoms with Crippen LogP contribution in [0, 0.1) is 0 Å². The Balaban J connectivity index is 1.97. The number of hydrogen-bond acceptors (Lipinski definition) is 3. The summed E-state index contributed by atoms with van der Waals surface area (Å²) < 4.78 is 0. The number of para-hydroxylation sites is 1. The second kappa shape index (κ2) is 4.94. The minimum atomic E-state index is 0.294. The number of fused-ring (bicyclic) bond motifs is 1. The molecular formula is C14H14ClN3. The van der Waals surface area contributed by atoms with Crippen molar-refractivity contribution in [3.8, 4) is 0 Å². The Hall–Kier alpha value is -1.61. The zero-order valence-electron chi connectivity index (χ0n) is 9.94. The number of nitrogens with zero attached hydrogens (tertiary/aromatic N) is 2. The number of halogens is 1. The van der Waals surface area contributed by atoms with Gasteiger partial charge in [-0.1, -0.05) is 24.3 Å². The van der Waals surface area contributed by atoms with Crippen LogP contribution in [0.15, 0.2) is 36.4 Å². The largest absolute Gasteiger partial charge is 0.366 e. The molecule has 2 aromatic rings. The van der Waals surface area contributed by atoms with Crippen LogP contribution < -0.4 is 5.32 Å². The van der Waals surface area contributed by atoms with Crippen LogP contribution in [0.4, 0.5) is 5.82 Å². The van der Waals surface area contributed by atoms with Gasteiger partial charge in [-0.25, -0.2) is 9.97 Å². The summed E-state index contributed by atoms with van der Waals surface area (Å²) >= 11 is 5.97. The van der Waals surface area contributed by atoms with Crippen molar-refractivity contribution in [3.63, 3.8) is 0 Å². The van der Waals surface area contributed by atoms with E-state index < -0.39 is 0 Å². The van der Waals surface area contributed by atoms with Crippen molar-refractivity contribution in [2.75, 3.05) is 5.32 Å². The van der Waals surface area contributed by atoms with E-state index in [1.807, 2.05) is 24.3 Å². The van der Waals surface area contributed by atoms with Gasteiger partial charge in [-0.05, 0) is 43.0 Å². The van der Waals surface area contributed by atoms with Gasteiger partial charge in [0, 0.05) is 11.4 Å². The molecule has 1 aliphatic carbocycles. The molecule has 0 amide bonds. The second-order valence-electron chi connectivity index (χ2n) is 4.48. The summed E-state index contributed by atoms with van der Waals surface area (Å²) in [7, 11) is 0. The van der Waals surface area contributed by atoms with Gasteiger partial charge in [0.2, 0.25) is 5.28 Å². The van der Waals surface area contributed by atoms with Gasteiger partial charge in [-0.3, -0.25) is 0 Å². The van der Waals surface area contributed by atoms with Gasteiger partial charge in [0.15, 0.2) is 0 Å². The van der Waals surface area contributed by atoms with Crippen LogP contribution in [0.25, 0.3) is 10.9 Å². The van der Waals surface area contributed by atoms with Crippen molar-refractivity contribution >= 4 is 28.3 Å². The zero-order chi connectivity index (χ0) is 12.4. The smallest absolute Gasteiger partial charge is 0.224 e. The molecule has 0 bridgehead atoms. The number of allylic oxidation sites excluding steroid dienone is 1. The van der Waals surface area contributed by atoms with Gasteiger partial charge in [0.1, 0.15) is 5.82 Å². The maximum absolute atomic E-state index is 5.97. The molecule has 1 heterocycles. The number of hydrogen-bond donors (Lipinski definition) is 1. The summed E-state index contributed by atoms with van der Waals surface area (Å²) in [6, 6.07) is 8.36. The Morgan fingerprint density at radius 2 is 2.06 bits per heavy atom. The SMILES string of the molecule is Clc1nc(NC2CC=CCC2)c2ccccc2n1. The lowest BCUT2D eigenvalue weighted by Crippen LogP contribution is -2.21. The van der Waals surface area contributed by atoms with E-state index in [0.29, 0.717) is 11.3 Å². The molecule has 1 unspecified atom stereocenters. The topological polar surface area (TPSA) is 37.8 Å². The molecule has 1 aliphatic rings. The summed E-state index contributed by atoms with van der Waals surface area (Å²) in [4.78, 5) is 8.54. The van der Waals surface area contributed by atoms with E-state index in [0.717, 1.165) is 36.0 Å². The van der Waals surface area contributed by atoms with Crippen LogP contribution in [0.5, 0.6) is 0 Å². The first-order chi connectivity index (χ1) is 8.83. The summed E-state index contributed by atoms with van der Waals surface area (Å²) in [5.41, 5.74) is 0.881. The Bertz CT molecular complexity index is 595. The molecule has 1 aromatic carbocycles. The highest BCUT2D eigenvalue weighted by Crippen LogP contribution is 2.24. The molecule has 1 N–H and O–H groups in total. The summed E-state index contributed by atoms with van der Waals surface area (Å²) in [6.07, 6.45) is 7.73. The first kappa shape index (κ1) is 11.5. The van der Waals surface area contributed by atoms with E-state index in [2.05, 4.69) is 27.4 Å². The first-order valence-corrected chi connectivity index (χ1v) is 6.54. The van der Waals surface area contributed by atoms with Crippen LogP contribution in [-0.2, 0) is 0 Å². The summed E-state index contributed by atoms with van der Waals surface area (Å²) in [6.45, 7) is 0. The van der Waals surface area contributed by atoms with Crippen LogP contribution in [0.3, 0.4) is 0 Å². The number of benzene rings is 1. The van der Waals surface area contributed by atoms with Crippen molar-refractivity contribution in [3.05, 3.63) is 41.7 Å². The highest BCUT2D eigenvalue weighted by Gasteiger charge is 2.13. The molecule has 3 rings (SSSR count). The highest BCUT2D eigenvalue weighted by atomic mass is 35.5. The highest BCUT2D eigenvalue weighted by molar-refractivity contribution is 6.28. The summed E-state index contributed by atoms with van der Waals surface area (Å²) in [5.74, 6) is 0.839. The third kappa shape index (κ3) is 2.31. The standard InChI is InChI=1S/C14H14ClN3/c15-14-17-12-9-5-4-8-11(12)13(18-14)16-10-6-2-1-3-7-10/h1-2,4-5,8-10H,3,6-7H2,(H,16,17,18). The fraction of sp³-hybridized carbons (Fsp3) is 0.286. The number of nitrogens with one attached hydrogen (secondary N) is 1. The van der Waals surface area contributed by atoms with E-state index >= 15 is 0 Å². The van der Waals surface area contributed by atoms with Crippen molar-refractivity contribution in [2.45, 2.75) is 25.3 Å². The molecule has 18 heavy (non-hydrogen) atoms. The average Bonchev–Trinajstić information content (AvgIpc) is 2.40. The van der Waals surface area contributed by atoms with Gasteiger partial charge >= 0.3 is 0 Å². The number of rotatable bonds is 2. The van der Waals surface area contributed by atoms with Crippen molar-refractivity contribution < 1.29 is 0 Å². The fourth-order valence-electron chi connectivity index (χ4n) is 2.28. The van der Waals surface area contributed by atoms with Crippen LogP contribution in [0.1, 0.15) is 19.3 Å². The monoisotopic (exact) mass is 259 g/mol. The Labute approximate surface area is 111 Å². The first-order valence-electron chi connectivity index (χ1n) is 6.17. The molecular weight excluding hydrogens is 246 g/mol. The molecule has 0 saturated heterocycles. The minimum Gasteiger partial charge on any atom is -0.366 e. The quantitative estimate of drug-likeness (QED) is 0.658. The molecule has 0 fully saturated rings. The third-order valence-corrected chi connectivity index (χ3v) is 3.35. The molecule has 1 aromatic heterocycles. The normalized spacial score (nSPS) is 19.1. The molecule has 0 saturated carbocycles. The molecule has 0 radical (unpaired) electrons. The van der Waals surface area contributed by atoms with Crippen LogP contribution in [-0.4, -0.2) is 16.0 Å². The van der Waals surface area contributed by atoms with E-state index in [9.17, 15) is 0 Å². The molecule has 92 valence electrons. The molecule has 0 aliphatic heterocycles. The van der Waals surface area contributed by atoms with E-state index in [4.69, 9.17) is 11.6 Å². The lowest BCUT2D eigenvalue weighted by molar-refractivity contribution is 0.643. The predicted molar refractivity (Wildman–Crippen MR) is 74.9 cm³/mol. The lowest BCUT2D eigenvalue weighted by Gasteiger charge is -2.20. The van der Waals surface area contributed by atoms with E-state index in [1.54, 1.807) is 0 Å². The van der Waals surface area contributed by atoms with E-state index in [1.165, 1.54) is 0 Å². The molecule has 1 atom stereocenters. The Kier molecular flexibility index (Phi) is 3.15. The molecule has 3 nitrogen and oxygen atoms in total. The van der Waals surface area contributed by atoms with Crippen molar-refractivity contribution in [1.29, 1.82) is 0 Å². The fourth-order valence-corrected chi connectivity index (χ4v) is 2.45. The average molecular weight is 260 g/mol. The molecule has 4 heteroatoms. The Morgan fingerprint density at radius 3 is 2.89 bits per heavy atom. The van der Waals surface area contributed by atoms with Crippen LogP contribution in [0.2, 0.25) is 5.28 Å². The van der Waals surface area contributed by atoms with Gasteiger partial charge in [0.05, 0.1) is 5.52 Å². The van der Waals surface area contributed by atoms with Crippen molar-refractivity contribution in [2.24, 2.45) is 0 Å². The van der Waals surface area contributed by atoms with Gasteiger partial charge < -0.3 is 5.32 Å². The van der Waals surface area contributed by atoms with Crippen LogP contribution >= 0.6 is 11.6 Å². The second-order valence-corrected chi connectivity index (χ2v) is 4.82. The number of aromatic nitrogens is 2. The maximum Gasteiger partial charge on any atom is 0.224 e. The minimum absolute atomic E-state index is 0.294. The zero-order valence-corrected chi connectivity index (χ0v) is 10.7. The molecule has 0 spiro atoms. The maximum atomic E-state index is 5.97.